The number of hydrogen-bond acceptors (Lipinski definition) is 5. The molecule has 0 aromatic heterocycles. The summed E-state index contributed by atoms with van der Waals surface area (Å²) in [6.07, 6.45) is -0.537. The van der Waals surface area contributed by atoms with E-state index in [2.05, 4.69) is 4.74 Å². The van der Waals surface area contributed by atoms with E-state index in [4.69, 9.17) is 9.47 Å². The Balaban J connectivity index is 3.74. The summed E-state index contributed by atoms with van der Waals surface area (Å²) in [6, 6.07) is 0. The second kappa shape index (κ2) is 7.79. The van der Waals surface area contributed by atoms with Gasteiger partial charge in [0.15, 0.2) is 0 Å². The fraction of sp³-hybridized carbons (Fsp3) is 0.833. The third-order valence-electron chi connectivity index (χ3n) is 1.83. The first-order chi connectivity index (χ1) is 8.26. The number of ether oxygens (including phenoxy) is 3. The number of amides is 1. The Bertz CT molecular complexity index is 272. The van der Waals surface area contributed by atoms with Crippen LogP contribution in [0.5, 0.6) is 0 Å². The molecule has 0 aliphatic heterocycles. The molecule has 18 heavy (non-hydrogen) atoms. The molecule has 0 radical (unpaired) electrons. The van der Waals surface area contributed by atoms with Gasteiger partial charge in [-0.2, -0.15) is 0 Å². The Kier molecular flexibility index (Phi) is 7.16. The van der Waals surface area contributed by atoms with Crippen LogP contribution < -0.4 is 0 Å². The highest BCUT2D eigenvalue weighted by Gasteiger charge is 2.19. The minimum atomic E-state index is -0.683. The van der Waals surface area contributed by atoms with E-state index in [9.17, 15) is 9.59 Å². The van der Waals surface area contributed by atoms with Gasteiger partial charge in [-0.3, -0.25) is 0 Å². The topological polar surface area (TPSA) is 65.1 Å². The summed E-state index contributed by atoms with van der Waals surface area (Å²) in [4.78, 5) is 23.9. The van der Waals surface area contributed by atoms with E-state index in [-0.39, 0.29) is 13.2 Å². The average molecular weight is 261 g/mol. The van der Waals surface area contributed by atoms with Gasteiger partial charge in [0.25, 0.3) is 0 Å². The number of nitrogens with zero attached hydrogens (tertiary/aromatic N) is 1. The largest absolute Gasteiger partial charge is 0.508 e. The Labute approximate surface area is 108 Å². The van der Waals surface area contributed by atoms with Crippen LogP contribution in [-0.2, 0) is 14.2 Å². The summed E-state index contributed by atoms with van der Waals surface area (Å²) >= 11 is 0. The van der Waals surface area contributed by atoms with Gasteiger partial charge in [0.2, 0.25) is 0 Å². The van der Waals surface area contributed by atoms with Gasteiger partial charge in [0.1, 0.15) is 5.60 Å². The normalized spacial score (nSPS) is 10.7. The highest BCUT2D eigenvalue weighted by Crippen LogP contribution is 2.09. The maximum absolute atomic E-state index is 11.6. The van der Waals surface area contributed by atoms with Gasteiger partial charge >= 0.3 is 12.2 Å². The summed E-state index contributed by atoms with van der Waals surface area (Å²) < 4.78 is 14.5. The monoisotopic (exact) mass is 261 g/mol. The highest BCUT2D eigenvalue weighted by molar-refractivity contribution is 5.67. The van der Waals surface area contributed by atoms with E-state index in [1.807, 2.05) is 20.8 Å². The van der Waals surface area contributed by atoms with Gasteiger partial charge in [-0.25, -0.2) is 9.59 Å². The molecule has 0 aliphatic carbocycles. The van der Waals surface area contributed by atoms with Crippen molar-refractivity contribution in [2.75, 3.05) is 26.8 Å². The van der Waals surface area contributed by atoms with Gasteiger partial charge in [-0.15, -0.1) is 0 Å². The minimum absolute atomic E-state index is 0.214. The molecule has 0 aromatic carbocycles. The van der Waals surface area contributed by atoms with Crippen molar-refractivity contribution in [3.05, 3.63) is 0 Å². The zero-order chi connectivity index (χ0) is 14.2. The van der Waals surface area contributed by atoms with Crippen molar-refractivity contribution in [1.29, 1.82) is 0 Å². The molecule has 0 spiro atoms. The van der Waals surface area contributed by atoms with Crippen LogP contribution in [0.25, 0.3) is 0 Å². The highest BCUT2D eigenvalue weighted by atomic mass is 16.7. The van der Waals surface area contributed by atoms with Crippen LogP contribution >= 0.6 is 0 Å². The van der Waals surface area contributed by atoms with Gasteiger partial charge in [0, 0.05) is 13.6 Å². The zero-order valence-corrected chi connectivity index (χ0v) is 11.8. The number of carbonyl (C=O) groups excluding carboxylic acids is 2. The average Bonchev–Trinajstić information content (AvgIpc) is 2.22. The Morgan fingerprint density at radius 1 is 1.17 bits per heavy atom. The molecule has 1 amide bonds. The Hall–Kier alpha value is -1.46. The molecule has 0 aliphatic rings. The molecule has 0 fully saturated rings. The van der Waals surface area contributed by atoms with Crippen molar-refractivity contribution in [3.8, 4) is 0 Å². The summed E-state index contributed by atoms with van der Waals surface area (Å²) in [6.45, 7) is 8.09. The maximum Gasteiger partial charge on any atom is 0.508 e. The zero-order valence-electron chi connectivity index (χ0n) is 11.8. The number of carbonyl (C=O) groups is 2. The minimum Gasteiger partial charge on any atom is -0.444 e. The van der Waals surface area contributed by atoms with Crippen LogP contribution in [0, 0.1) is 0 Å². The van der Waals surface area contributed by atoms with Crippen molar-refractivity contribution in [2.24, 2.45) is 0 Å². The van der Waals surface area contributed by atoms with Gasteiger partial charge in [-0.1, -0.05) is 0 Å². The fourth-order valence-corrected chi connectivity index (χ4v) is 1.05. The van der Waals surface area contributed by atoms with Crippen LogP contribution in [0.1, 0.15) is 34.1 Å². The van der Waals surface area contributed by atoms with E-state index >= 15 is 0 Å². The van der Waals surface area contributed by atoms with Crippen molar-refractivity contribution >= 4 is 12.2 Å². The molecule has 6 heteroatoms. The molecular weight excluding hydrogens is 238 g/mol. The van der Waals surface area contributed by atoms with Gasteiger partial charge in [0.05, 0.1) is 13.2 Å². The van der Waals surface area contributed by atoms with Crippen LogP contribution in [0.15, 0.2) is 0 Å². The molecule has 6 nitrogen and oxygen atoms in total. The lowest BCUT2D eigenvalue weighted by Crippen LogP contribution is -2.35. The molecule has 106 valence electrons. The van der Waals surface area contributed by atoms with E-state index in [1.54, 1.807) is 14.0 Å². The first-order valence-electron chi connectivity index (χ1n) is 6.00. The first kappa shape index (κ1) is 16.5. The standard InChI is InChI=1S/C12H23NO5/c1-6-16-11(15)17-9-7-8-13(5)10(14)18-12(2,3)4/h6-9H2,1-5H3. The maximum atomic E-state index is 11.6. The molecule has 0 N–H and O–H groups in total. The molecule has 0 saturated carbocycles. The third-order valence-corrected chi connectivity index (χ3v) is 1.83. The van der Waals surface area contributed by atoms with E-state index in [0.717, 1.165) is 0 Å². The quantitative estimate of drug-likeness (QED) is 0.561. The van der Waals surface area contributed by atoms with Crippen LogP contribution in [0.2, 0.25) is 0 Å². The molecule has 0 rings (SSSR count). The first-order valence-corrected chi connectivity index (χ1v) is 6.00. The Morgan fingerprint density at radius 2 is 1.78 bits per heavy atom. The van der Waals surface area contributed by atoms with Crippen LogP contribution in [0.3, 0.4) is 0 Å². The summed E-state index contributed by atoms with van der Waals surface area (Å²) in [5, 5.41) is 0. The molecule has 0 saturated heterocycles. The van der Waals surface area contributed by atoms with E-state index < -0.39 is 17.8 Å². The van der Waals surface area contributed by atoms with Crippen molar-refractivity contribution in [2.45, 2.75) is 39.7 Å². The second-order valence-electron chi connectivity index (χ2n) is 4.79. The SMILES string of the molecule is CCOC(=O)OCCCN(C)C(=O)OC(C)(C)C. The smallest absolute Gasteiger partial charge is 0.444 e. The third kappa shape index (κ3) is 8.66. The second-order valence-corrected chi connectivity index (χ2v) is 4.79. The van der Waals surface area contributed by atoms with E-state index in [1.165, 1.54) is 4.90 Å². The number of hydrogen-bond donors (Lipinski definition) is 0. The molecule has 0 bridgehead atoms. The molecule has 0 unspecified atom stereocenters. The van der Waals surface area contributed by atoms with Crippen LogP contribution in [0.4, 0.5) is 9.59 Å². The lowest BCUT2D eigenvalue weighted by molar-refractivity contribution is 0.0275. The molecule has 0 atom stereocenters. The summed E-state index contributed by atoms with van der Waals surface area (Å²) in [5.74, 6) is 0. The molecular formula is C12H23NO5. The predicted octanol–water partition coefficient (Wildman–Crippen LogP) is 2.42. The van der Waals surface area contributed by atoms with Crippen molar-refractivity contribution in [3.63, 3.8) is 0 Å². The lowest BCUT2D eigenvalue weighted by atomic mass is 10.2. The van der Waals surface area contributed by atoms with Gasteiger partial charge in [-0.05, 0) is 34.1 Å². The number of rotatable bonds is 5. The van der Waals surface area contributed by atoms with Crippen molar-refractivity contribution in [1.82, 2.24) is 4.90 Å². The molecule has 0 aromatic rings. The summed E-state index contributed by atoms with van der Waals surface area (Å²) in [7, 11) is 1.64. The van der Waals surface area contributed by atoms with Gasteiger partial charge < -0.3 is 19.1 Å². The predicted molar refractivity (Wildman–Crippen MR) is 66.5 cm³/mol. The fourth-order valence-electron chi connectivity index (χ4n) is 1.05. The summed E-state index contributed by atoms with van der Waals surface area (Å²) in [5.41, 5.74) is -0.507. The molecule has 0 heterocycles. The van der Waals surface area contributed by atoms with Crippen molar-refractivity contribution < 1.29 is 23.8 Å². The lowest BCUT2D eigenvalue weighted by Gasteiger charge is -2.24. The Morgan fingerprint density at radius 3 is 2.28 bits per heavy atom. The van der Waals surface area contributed by atoms with E-state index in [0.29, 0.717) is 13.0 Å². The van der Waals surface area contributed by atoms with Crippen LogP contribution in [-0.4, -0.2) is 49.6 Å².